The second kappa shape index (κ2) is 10.4. The summed E-state index contributed by atoms with van der Waals surface area (Å²) >= 11 is 0. The van der Waals surface area contributed by atoms with Gasteiger partial charge in [-0.15, -0.1) is 0 Å². The van der Waals surface area contributed by atoms with Crippen molar-refractivity contribution >= 4 is 17.7 Å². The Balaban J connectivity index is 1.43. The van der Waals surface area contributed by atoms with Crippen LogP contribution < -0.4 is 20.1 Å². The molecule has 2 N–H and O–H groups in total. The van der Waals surface area contributed by atoms with Crippen LogP contribution in [0.4, 0.5) is 0 Å². The van der Waals surface area contributed by atoms with Crippen LogP contribution in [0.15, 0.2) is 18.2 Å². The Labute approximate surface area is 195 Å². The zero-order valence-electron chi connectivity index (χ0n) is 19.6. The van der Waals surface area contributed by atoms with Gasteiger partial charge in [-0.2, -0.15) is 0 Å². The number of fused-ring (bicyclic) bond motifs is 1. The first-order valence-electron chi connectivity index (χ1n) is 12.3. The van der Waals surface area contributed by atoms with E-state index in [1.165, 1.54) is 0 Å². The number of carbonyl (C=O) groups is 3. The second-order valence-electron chi connectivity index (χ2n) is 9.48. The minimum absolute atomic E-state index is 0.0199. The lowest BCUT2D eigenvalue weighted by Gasteiger charge is -2.37. The van der Waals surface area contributed by atoms with Crippen molar-refractivity contribution in [1.82, 2.24) is 15.5 Å². The smallest absolute Gasteiger partial charge is 0.252 e. The summed E-state index contributed by atoms with van der Waals surface area (Å²) in [6.07, 6.45) is 6.45. The Kier molecular flexibility index (Phi) is 7.40. The third-order valence-electron chi connectivity index (χ3n) is 7.23. The molecule has 1 saturated carbocycles. The van der Waals surface area contributed by atoms with E-state index >= 15 is 0 Å². The van der Waals surface area contributed by atoms with Gasteiger partial charge in [0.25, 0.3) is 5.91 Å². The Morgan fingerprint density at radius 1 is 1.03 bits per heavy atom. The van der Waals surface area contributed by atoms with Gasteiger partial charge in [0.15, 0.2) is 11.5 Å². The number of nitrogens with zero attached hydrogens (tertiary/aromatic N) is 1. The first-order valence-corrected chi connectivity index (χ1v) is 12.3. The highest BCUT2D eigenvalue weighted by atomic mass is 16.7. The fourth-order valence-corrected chi connectivity index (χ4v) is 4.98. The summed E-state index contributed by atoms with van der Waals surface area (Å²) in [5.41, 5.74) is 0.425. The molecule has 1 aromatic rings. The molecule has 2 aliphatic heterocycles. The molecule has 8 nitrogen and oxygen atoms in total. The lowest BCUT2D eigenvalue weighted by Crippen LogP contribution is -2.55. The first-order chi connectivity index (χ1) is 16.0. The molecule has 180 valence electrons. The molecule has 3 amide bonds. The molecule has 4 rings (SSSR count). The van der Waals surface area contributed by atoms with Crippen LogP contribution in [-0.2, 0) is 9.59 Å². The van der Waals surface area contributed by atoms with E-state index in [2.05, 4.69) is 10.6 Å². The van der Waals surface area contributed by atoms with E-state index in [-0.39, 0.29) is 42.4 Å². The van der Waals surface area contributed by atoms with Gasteiger partial charge in [0.05, 0.1) is 0 Å². The number of amides is 3. The predicted molar refractivity (Wildman–Crippen MR) is 123 cm³/mol. The van der Waals surface area contributed by atoms with Crippen LogP contribution in [0.2, 0.25) is 0 Å². The van der Waals surface area contributed by atoms with E-state index in [1.807, 2.05) is 18.7 Å². The number of piperidine rings is 1. The van der Waals surface area contributed by atoms with Gasteiger partial charge in [-0.1, -0.05) is 19.8 Å². The third kappa shape index (κ3) is 5.42. The highest BCUT2D eigenvalue weighted by molar-refractivity contribution is 5.98. The summed E-state index contributed by atoms with van der Waals surface area (Å²) < 4.78 is 10.7. The highest BCUT2D eigenvalue weighted by Gasteiger charge is 2.36. The molecule has 0 aromatic heterocycles. The molecule has 3 aliphatic rings. The fraction of sp³-hybridized carbons (Fsp3) is 0.640. The van der Waals surface area contributed by atoms with Crippen LogP contribution in [0, 0.1) is 11.8 Å². The van der Waals surface area contributed by atoms with Crippen molar-refractivity contribution in [2.24, 2.45) is 11.8 Å². The van der Waals surface area contributed by atoms with Crippen LogP contribution >= 0.6 is 0 Å². The van der Waals surface area contributed by atoms with Crippen LogP contribution in [0.1, 0.15) is 69.2 Å². The normalized spacial score (nSPS) is 20.4. The molecule has 2 heterocycles. The number of likely N-dealkylation sites (tertiary alicyclic amines) is 1. The molecule has 1 aromatic carbocycles. The SMILES string of the molecule is CC[C@@H](C)NC(=O)[C@@H](NC(=O)c1ccc2c(c1)OCO2)C1CCN(C(=O)C2CCCC2)CC1. The van der Waals surface area contributed by atoms with E-state index in [4.69, 9.17) is 9.47 Å². The summed E-state index contributed by atoms with van der Waals surface area (Å²) in [4.78, 5) is 41.0. The predicted octanol–water partition coefficient (Wildman–Crippen LogP) is 2.86. The van der Waals surface area contributed by atoms with Crippen LogP contribution in [0.5, 0.6) is 11.5 Å². The molecular weight excluding hydrogens is 422 g/mol. The molecular formula is C25H35N3O5. The minimum Gasteiger partial charge on any atom is -0.454 e. The van der Waals surface area contributed by atoms with Crippen molar-refractivity contribution in [3.8, 4) is 11.5 Å². The summed E-state index contributed by atoms with van der Waals surface area (Å²) in [7, 11) is 0. The maximum absolute atomic E-state index is 13.1. The van der Waals surface area contributed by atoms with E-state index in [0.29, 0.717) is 43.0 Å². The second-order valence-corrected chi connectivity index (χ2v) is 9.48. The molecule has 2 fully saturated rings. The van der Waals surface area contributed by atoms with Gasteiger partial charge in [0, 0.05) is 30.6 Å². The standard InChI is InChI=1S/C25H35N3O5/c1-3-16(2)26-24(30)22(27-23(29)19-8-9-20-21(14-19)33-15-32-20)17-10-12-28(13-11-17)25(31)18-6-4-5-7-18/h8-9,14,16-18,22H,3-7,10-13,15H2,1-2H3,(H,26,30)(H,27,29)/t16-,22+/m1/s1. The average molecular weight is 458 g/mol. The number of carbonyl (C=O) groups excluding carboxylic acids is 3. The average Bonchev–Trinajstić information content (AvgIpc) is 3.53. The Morgan fingerprint density at radius 2 is 1.73 bits per heavy atom. The Morgan fingerprint density at radius 3 is 2.42 bits per heavy atom. The van der Waals surface area contributed by atoms with E-state index in [0.717, 1.165) is 32.1 Å². The number of hydrogen-bond acceptors (Lipinski definition) is 5. The molecule has 0 unspecified atom stereocenters. The molecule has 0 spiro atoms. The zero-order chi connectivity index (χ0) is 23.4. The van der Waals surface area contributed by atoms with Gasteiger partial charge < -0.3 is 25.0 Å². The molecule has 8 heteroatoms. The monoisotopic (exact) mass is 457 g/mol. The summed E-state index contributed by atoms with van der Waals surface area (Å²) in [6.45, 7) is 5.37. The van der Waals surface area contributed by atoms with Gasteiger partial charge in [-0.25, -0.2) is 0 Å². The van der Waals surface area contributed by atoms with Crippen molar-refractivity contribution in [2.75, 3.05) is 19.9 Å². The van der Waals surface area contributed by atoms with Crippen molar-refractivity contribution < 1.29 is 23.9 Å². The topological polar surface area (TPSA) is 97.0 Å². The zero-order valence-corrected chi connectivity index (χ0v) is 19.6. The Bertz CT molecular complexity index is 875. The third-order valence-corrected chi connectivity index (χ3v) is 7.23. The minimum atomic E-state index is -0.652. The van der Waals surface area contributed by atoms with Crippen molar-refractivity contribution in [1.29, 1.82) is 0 Å². The Hall–Kier alpha value is -2.77. The van der Waals surface area contributed by atoms with Crippen LogP contribution in [0.3, 0.4) is 0 Å². The molecule has 0 bridgehead atoms. The lowest BCUT2D eigenvalue weighted by atomic mass is 9.87. The first kappa shape index (κ1) is 23.4. The van der Waals surface area contributed by atoms with E-state index in [1.54, 1.807) is 18.2 Å². The molecule has 1 aliphatic carbocycles. The van der Waals surface area contributed by atoms with E-state index in [9.17, 15) is 14.4 Å². The van der Waals surface area contributed by atoms with Gasteiger partial charge in [0.1, 0.15) is 6.04 Å². The maximum atomic E-state index is 13.1. The van der Waals surface area contributed by atoms with Gasteiger partial charge in [-0.3, -0.25) is 14.4 Å². The molecule has 0 radical (unpaired) electrons. The van der Waals surface area contributed by atoms with Gasteiger partial charge in [-0.05, 0) is 63.1 Å². The van der Waals surface area contributed by atoms with Crippen molar-refractivity contribution in [2.45, 2.75) is 70.9 Å². The molecule has 1 saturated heterocycles. The fourth-order valence-electron chi connectivity index (χ4n) is 4.98. The highest BCUT2D eigenvalue weighted by Crippen LogP contribution is 2.33. The maximum Gasteiger partial charge on any atom is 0.252 e. The quantitative estimate of drug-likeness (QED) is 0.656. The number of hydrogen-bond donors (Lipinski definition) is 2. The van der Waals surface area contributed by atoms with Crippen LogP contribution in [-0.4, -0.2) is 54.6 Å². The van der Waals surface area contributed by atoms with E-state index < -0.39 is 6.04 Å². The number of rotatable bonds is 7. The van der Waals surface area contributed by atoms with Gasteiger partial charge in [0.2, 0.25) is 18.6 Å². The summed E-state index contributed by atoms with van der Waals surface area (Å²) in [6, 6.07) is 4.39. The molecule has 33 heavy (non-hydrogen) atoms. The molecule has 2 atom stereocenters. The largest absolute Gasteiger partial charge is 0.454 e. The lowest BCUT2D eigenvalue weighted by molar-refractivity contribution is -0.137. The van der Waals surface area contributed by atoms with Crippen molar-refractivity contribution in [3.63, 3.8) is 0 Å². The summed E-state index contributed by atoms with van der Waals surface area (Å²) in [5.74, 6) is 1.05. The van der Waals surface area contributed by atoms with Crippen molar-refractivity contribution in [3.05, 3.63) is 23.8 Å². The number of benzene rings is 1. The summed E-state index contributed by atoms with van der Waals surface area (Å²) in [5, 5.41) is 6.00. The van der Waals surface area contributed by atoms with Crippen LogP contribution in [0.25, 0.3) is 0 Å². The number of ether oxygens (including phenoxy) is 2. The number of nitrogens with one attached hydrogen (secondary N) is 2. The van der Waals surface area contributed by atoms with Gasteiger partial charge >= 0.3 is 0 Å².